The van der Waals surface area contributed by atoms with E-state index in [9.17, 15) is 5.26 Å². The summed E-state index contributed by atoms with van der Waals surface area (Å²) < 4.78 is 10.3. The molecule has 1 aromatic rings. The number of aryl methyl sites for hydroxylation is 1. The average Bonchev–Trinajstić information content (AvgIpc) is 2.40. The molecule has 0 saturated heterocycles. The molecule has 5 nitrogen and oxygen atoms in total. The van der Waals surface area contributed by atoms with Crippen molar-refractivity contribution in [2.75, 3.05) is 38.9 Å². The third kappa shape index (κ3) is 4.19. The normalized spacial score (nSPS) is 11.9. The number of hydrogen-bond donors (Lipinski definition) is 0. The van der Waals surface area contributed by atoms with E-state index in [1.807, 2.05) is 19.9 Å². The Morgan fingerprint density at radius 1 is 1.37 bits per heavy atom. The van der Waals surface area contributed by atoms with Gasteiger partial charge in [0, 0.05) is 26.5 Å². The van der Waals surface area contributed by atoms with Crippen molar-refractivity contribution in [1.82, 2.24) is 4.98 Å². The Morgan fingerprint density at radius 3 is 2.68 bits per heavy atom. The predicted molar refractivity (Wildman–Crippen MR) is 74.2 cm³/mol. The molecule has 1 rings (SSSR count). The summed E-state index contributed by atoms with van der Waals surface area (Å²) in [5.41, 5.74) is 1.46. The smallest absolute Gasteiger partial charge is 0.147 e. The van der Waals surface area contributed by atoms with Gasteiger partial charge in [0.1, 0.15) is 11.9 Å². The summed E-state index contributed by atoms with van der Waals surface area (Å²) >= 11 is 0. The fourth-order valence-corrected chi connectivity index (χ4v) is 1.91. The molecule has 0 radical (unpaired) electrons. The third-order valence-corrected chi connectivity index (χ3v) is 2.88. The van der Waals surface area contributed by atoms with Crippen LogP contribution < -0.4 is 4.90 Å². The van der Waals surface area contributed by atoms with Crippen LogP contribution in [0.4, 0.5) is 5.82 Å². The van der Waals surface area contributed by atoms with E-state index in [2.05, 4.69) is 16.0 Å². The van der Waals surface area contributed by atoms with Gasteiger partial charge in [0.05, 0.1) is 24.8 Å². The first-order chi connectivity index (χ1) is 9.13. The molecule has 5 heteroatoms. The monoisotopic (exact) mass is 263 g/mol. The van der Waals surface area contributed by atoms with Gasteiger partial charge >= 0.3 is 0 Å². The molecular weight excluding hydrogens is 242 g/mol. The maximum atomic E-state index is 9.22. The van der Waals surface area contributed by atoms with Crippen molar-refractivity contribution < 1.29 is 9.47 Å². The van der Waals surface area contributed by atoms with E-state index >= 15 is 0 Å². The van der Waals surface area contributed by atoms with E-state index in [4.69, 9.17) is 9.47 Å². The molecule has 19 heavy (non-hydrogen) atoms. The van der Waals surface area contributed by atoms with Crippen LogP contribution in [0.1, 0.15) is 18.2 Å². The summed E-state index contributed by atoms with van der Waals surface area (Å²) in [6, 6.07) is 5.96. The van der Waals surface area contributed by atoms with E-state index in [0.717, 1.165) is 5.69 Å². The van der Waals surface area contributed by atoms with Crippen molar-refractivity contribution in [1.29, 1.82) is 5.26 Å². The SMILES string of the molecule is COCCN(c1nc(C)ccc1C#N)C(C)COC. The van der Waals surface area contributed by atoms with E-state index in [-0.39, 0.29) is 6.04 Å². The second kappa shape index (κ2) is 7.72. The number of aromatic nitrogens is 1. The van der Waals surface area contributed by atoms with Gasteiger partial charge in [0.15, 0.2) is 0 Å². The van der Waals surface area contributed by atoms with E-state index < -0.39 is 0 Å². The molecule has 0 aromatic carbocycles. The van der Waals surface area contributed by atoms with Crippen molar-refractivity contribution in [3.63, 3.8) is 0 Å². The molecule has 0 aliphatic carbocycles. The van der Waals surface area contributed by atoms with Crippen LogP contribution in [0.2, 0.25) is 0 Å². The van der Waals surface area contributed by atoms with E-state index in [1.165, 1.54) is 0 Å². The zero-order valence-electron chi connectivity index (χ0n) is 12.0. The van der Waals surface area contributed by atoms with Gasteiger partial charge in [-0.2, -0.15) is 5.26 Å². The minimum atomic E-state index is 0.126. The van der Waals surface area contributed by atoms with Gasteiger partial charge in [-0.05, 0) is 26.0 Å². The van der Waals surface area contributed by atoms with Crippen LogP contribution in [0.25, 0.3) is 0 Å². The number of anilines is 1. The lowest BCUT2D eigenvalue weighted by Gasteiger charge is -2.30. The lowest BCUT2D eigenvalue weighted by Crippen LogP contribution is -2.39. The minimum Gasteiger partial charge on any atom is -0.383 e. The van der Waals surface area contributed by atoms with E-state index in [0.29, 0.717) is 31.1 Å². The third-order valence-electron chi connectivity index (χ3n) is 2.88. The maximum Gasteiger partial charge on any atom is 0.147 e. The van der Waals surface area contributed by atoms with Crippen LogP contribution in [0.15, 0.2) is 12.1 Å². The Kier molecular flexibility index (Phi) is 6.26. The van der Waals surface area contributed by atoms with Gasteiger partial charge in [-0.3, -0.25) is 0 Å². The van der Waals surface area contributed by atoms with Crippen molar-refractivity contribution in [2.24, 2.45) is 0 Å². The Labute approximate surface area is 114 Å². The Hall–Kier alpha value is -1.64. The molecule has 104 valence electrons. The van der Waals surface area contributed by atoms with Crippen LogP contribution in [-0.4, -0.2) is 45.0 Å². The van der Waals surface area contributed by atoms with Gasteiger partial charge in [-0.25, -0.2) is 4.98 Å². The first-order valence-electron chi connectivity index (χ1n) is 6.26. The highest BCUT2D eigenvalue weighted by Crippen LogP contribution is 2.20. The molecule has 1 atom stereocenters. The van der Waals surface area contributed by atoms with Gasteiger partial charge < -0.3 is 14.4 Å². The van der Waals surface area contributed by atoms with Crippen molar-refractivity contribution in [2.45, 2.75) is 19.9 Å². The highest BCUT2D eigenvalue weighted by Gasteiger charge is 2.19. The lowest BCUT2D eigenvalue weighted by atomic mass is 10.2. The zero-order valence-corrected chi connectivity index (χ0v) is 12.0. The summed E-state index contributed by atoms with van der Waals surface area (Å²) in [4.78, 5) is 6.55. The van der Waals surface area contributed by atoms with Gasteiger partial charge in [-0.1, -0.05) is 0 Å². The molecule has 1 unspecified atom stereocenters. The summed E-state index contributed by atoms with van der Waals surface area (Å²) in [7, 11) is 3.33. The zero-order chi connectivity index (χ0) is 14.3. The van der Waals surface area contributed by atoms with Crippen LogP contribution in [0, 0.1) is 18.3 Å². The van der Waals surface area contributed by atoms with Crippen molar-refractivity contribution >= 4 is 5.82 Å². The highest BCUT2D eigenvalue weighted by molar-refractivity contribution is 5.55. The van der Waals surface area contributed by atoms with Gasteiger partial charge in [0.25, 0.3) is 0 Å². The molecule has 1 aromatic heterocycles. The first-order valence-corrected chi connectivity index (χ1v) is 6.26. The highest BCUT2D eigenvalue weighted by atomic mass is 16.5. The molecule has 1 heterocycles. The Balaban J connectivity index is 3.08. The van der Waals surface area contributed by atoms with E-state index in [1.54, 1.807) is 20.3 Å². The summed E-state index contributed by atoms with van der Waals surface area (Å²) in [5.74, 6) is 0.698. The standard InChI is InChI=1S/C14H21N3O2/c1-11-5-6-13(9-15)14(16-11)17(7-8-18-3)12(2)10-19-4/h5-6,12H,7-8,10H2,1-4H3. The first kappa shape index (κ1) is 15.4. The number of methoxy groups -OCH3 is 2. The molecule has 0 bridgehead atoms. The fourth-order valence-electron chi connectivity index (χ4n) is 1.91. The second-order valence-corrected chi connectivity index (χ2v) is 4.43. The number of rotatable bonds is 7. The summed E-state index contributed by atoms with van der Waals surface area (Å²) in [5, 5.41) is 9.22. The second-order valence-electron chi connectivity index (χ2n) is 4.43. The molecule has 0 fully saturated rings. The van der Waals surface area contributed by atoms with Crippen molar-refractivity contribution in [3.05, 3.63) is 23.4 Å². The molecular formula is C14H21N3O2. The molecule has 0 saturated carbocycles. The minimum absolute atomic E-state index is 0.126. The molecule has 0 amide bonds. The summed E-state index contributed by atoms with van der Waals surface area (Å²) in [6.07, 6.45) is 0. The number of nitrogens with zero attached hydrogens (tertiary/aromatic N) is 3. The van der Waals surface area contributed by atoms with Gasteiger partial charge in [0.2, 0.25) is 0 Å². The Bertz CT molecular complexity index is 443. The number of ether oxygens (including phenoxy) is 2. The van der Waals surface area contributed by atoms with Crippen LogP contribution in [0.3, 0.4) is 0 Å². The predicted octanol–water partition coefficient (Wildman–Crippen LogP) is 1.75. The molecule has 0 aliphatic heterocycles. The van der Waals surface area contributed by atoms with Crippen molar-refractivity contribution in [3.8, 4) is 6.07 Å². The lowest BCUT2D eigenvalue weighted by molar-refractivity contribution is 0.170. The van der Waals surface area contributed by atoms with Crippen LogP contribution in [0.5, 0.6) is 0 Å². The van der Waals surface area contributed by atoms with Crippen LogP contribution >= 0.6 is 0 Å². The molecule has 0 aliphatic rings. The topological polar surface area (TPSA) is 58.4 Å². The largest absolute Gasteiger partial charge is 0.383 e. The number of pyridine rings is 1. The number of hydrogen-bond acceptors (Lipinski definition) is 5. The maximum absolute atomic E-state index is 9.22. The average molecular weight is 263 g/mol. The fraction of sp³-hybridized carbons (Fsp3) is 0.571. The molecule has 0 N–H and O–H groups in total. The summed E-state index contributed by atoms with van der Waals surface area (Å²) in [6.45, 7) is 5.79. The molecule has 0 spiro atoms. The quantitative estimate of drug-likeness (QED) is 0.750. The Morgan fingerprint density at radius 2 is 2.11 bits per heavy atom. The van der Waals surface area contributed by atoms with Crippen LogP contribution in [-0.2, 0) is 9.47 Å². The number of nitriles is 1. The van der Waals surface area contributed by atoms with Gasteiger partial charge in [-0.15, -0.1) is 0 Å².